The molecule has 0 saturated heterocycles. The molecule has 1 nitrogen and oxygen atoms in total. The second-order valence-electron chi connectivity index (χ2n) is 8.13. The Morgan fingerprint density at radius 3 is 1.37 bits per heavy atom. The summed E-state index contributed by atoms with van der Waals surface area (Å²) in [6, 6.07) is 4.36. The van der Waals surface area contributed by atoms with E-state index in [-0.39, 0.29) is 10.8 Å². The minimum absolute atomic E-state index is 0.125. The summed E-state index contributed by atoms with van der Waals surface area (Å²) in [4.78, 5) is 0. The van der Waals surface area contributed by atoms with Crippen molar-refractivity contribution < 1.29 is 4.42 Å². The zero-order chi connectivity index (χ0) is 14.8. The molecule has 19 heavy (non-hydrogen) atoms. The van der Waals surface area contributed by atoms with Crippen LogP contribution in [0.5, 0.6) is 0 Å². The van der Waals surface area contributed by atoms with Gasteiger partial charge in [0.2, 0.25) is 0 Å². The number of hydrogen-bond acceptors (Lipinski definition) is 1. The third kappa shape index (κ3) is 4.40. The highest BCUT2D eigenvalue weighted by molar-refractivity contribution is 5.20. The molecule has 0 N–H and O–H groups in total. The zero-order valence-electron chi connectivity index (χ0n) is 14.1. The van der Waals surface area contributed by atoms with E-state index >= 15 is 0 Å². The van der Waals surface area contributed by atoms with Gasteiger partial charge in [-0.15, -0.1) is 0 Å². The molecule has 1 aromatic heterocycles. The third-order valence-corrected chi connectivity index (χ3v) is 3.78. The Labute approximate surface area is 119 Å². The number of furan rings is 1. The maximum Gasteiger partial charge on any atom is 0.109 e. The summed E-state index contributed by atoms with van der Waals surface area (Å²) in [5.74, 6) is 3.64. The van der Waals surface area contributed by atoms with Crippen LogP contribution >= 0.6 is 0 Å². The summed E-state index contributed by atoms with van der Waals surface area (Å²) in [6.45, 7) is 18.2. The first-order valence-electron chi connectivity index (χ1n) is 7.65. The highest BCUT2D eigenvalue weighted by Crippen LogP contribution is 2.37. The number of hydrogen-bond donors (Lipinski definition) is 0. The molecule has 0 atom stereocenters. The lowest BCUT2D eigenvalue weighted by molar-refractivity contribution is 0.275. The van der Waals surface area contributed by atoms with Crippen LogP contribution in [-0.2, 0) is 10.8 Å². The van der Waals surface area contributed by atoms with E-state index in [9.17, 15) is 0 Å². The highest BCUT2D eigenvalue weighted by Gasteiger charge is 2.30. The van der Waals surface area contributed by atoms with E-state index in [1.807, 2.05) is 0 Å². The molecular formula is C18H32O. The van der Waals surface area contributed by atoms with Crippen molar-refractivity contribution in [3.63, 3.8) is 0 Å². The molecule has 0 aromatic carbocycles. The van der Waals surface area contributed by atoms with Crippen molar-refractivity contribution in [1.82, 2.24) is 0 Å². The fourth-order valence-electron chi connectivity index (χ4n) is 3.31. The van der Waals surface area contributed by atoms with E-state index in [2.05, 4.69) is 67.5 Å². The molecule has 0 radical (unpaired) electrons. The molecule has 0 amide bonds. The summed E-state index contributed by atoms with van der Waals surface area (Å²) in [6.07, 6.45) is 2.31. The third-order valence-electron chi connectivity index (χ3n) is 3.78. The van der Waals surface area contributed by atoms with Gasteiger partial charge in [-0.25, -0.2) is 0 Å². The van der Waals surface area contributed by atoms with E-state index in [1.165, 1.54) is 0 Å². The van der Waals surface area contributed by atoms with Crippen molar-refractivity contribution in [2.24, 2.45) is 11.8 Å². The van der Waals surface area contributed by atoms with Gasteiger partial charge in [0.25, 0.3) is 0 Å². The Bertz CT molecular complexity index is 357. The van der Waals surface area contributed by atoms with Gasteiger partial charge in [-0.05, 0) is 36.8 Å². The first-order chi connectivity index (χ1) is 8.54. The maximum absolute atomic E-state index is 6.22. The van der Waals surface area contributed by atoms with E-state index in [0.29, 0.717) is 11.8 Å². The summed E-state index contributed by atoms with van der Waals surface area (Å²) in [7, 11) is 0. The van der Waals surface area contributed by atoms with Gasteiger partial charge in [0.05, 0.1) is 0 Å². The fraction of sp³-hybridized carbons (Fsp3) is 0.778. The van der Waals surface area contributed by atoms with Crippen LogP contribution in [0.4, 0.5) is 0 Å². The van der Waals surface area contributed by atoms with E-state index < -0.39 is 0 Å². The minimum atomic E-state index is 0.125. The Kier molecular flexibility index (Phi) is 4.92. The van der Waals surface area contributed by atoms with E-state index in [1.54, 1.807) is 0 Å². The Balaban J connectivity index is 2.93. The standard InChI is InChI=1S/C18H32O/c1-13(2)11-17(5,6)15-9-10-16(19-15)18(7,8)12-14(3)4/h9-10,13-14H,11-12H2,1-8H3. The average Bonchev–Trinajstić information content (AvgIpc) is 2.62. The first-order valence-corrected chi connectivity index (χ1v) is 7.65. The second-order valence-corrected chi connectivity index (χ2v) is 8.13. The zero-order valence-corrected chi connectivity index (χ0v) is 14.1. The molecule has 0 fully saturated rings. The van der Waals surface area contributed by atoms with E-state index in [0.717, 1.165) is 24.4 Å². The predicted molar refractivity (Wildman–Crippen MR) is 83.7 cm³/mol. The van der Waals surface area contributed by atoms with Crippen molar-refractivity contribution in [3.05, 3.63) is 23.7 Å². The van der Waals surface area contributed by atoms with Crippen molar-refractivity contribution in [1.29, 1.82) is 0 Å². The Hall–Kier alpha value is -0.720. The van der Waals surface area contributed by atoms with Crippen LogP contribution in [0.25, 0.3) is 0 Å². The molecule has 0 bridgehead atoms. The van der Waals surface area contributed by atoms with Gasteiger partial charge in [0, 0.05) is 10.8 Å². The number of rotatable bonds is 6. The summed E-state index contributed by atoms with van der Waals surface area (Å²) in [5, 5.41) is 0. The van der Waals surface area contributed by atoms with Crippen LogP contribution in [0, 0.1) is 11.8 Å². The van der Waals surface area contributed by atoms with Crippen LogP contribution in [-0.4, -0.2) is 0 Å². The molecule has 0 aliphatic carbocycles. The smallest absolute Gasteiger partial charge is 0.109 e. The van der Waals surface area contributed by atoms with Gasteiger partial charge < -0.3 is 4.42 Å². The second kappa shape index (κ2) is 5.73. The van der Waals surface area contributed by atoms with Crippen LogP contribution in [0.15, 0.2) is 16.5 Å². The van der Waals surface area contributed by atoms with Crippen molar-refractivity contribution in [3.8, 4) is 0 Å². The van der Waals surface area contributed by atoms with Crippen LogP contribution in [0.3, 0.4) is 0 Å². The van der Waals surface area contributed by atoms with Crippen LogP contribution in [0.1, 0.15) is 79.8 Å². The highest BCUT2D eigenvalue weighted by atomic mass is 16.3. The SMILES string of the molecule is CC(C)CC(C)(C)c1ccc(C(C)(C)CC(C)C)o1. The van der Waals surface area contributed by atoms with E-state index in [4.69, 9.17) is 4.42 Å². The molecule has 0 aliphatic rings. The molecule has 1 rings (SSSR count). The van der Waals surface area contributed by atoms with Crippen LogP contribution < -0.4 is 0 Å². The predicted octanol–water partition coefficient (Wildman–Crippen LogP) is 5.93. The maximum atomic E-state index is 6.22. The van der Waals surface area contributed by atoms with Gasteiger partial charge in [-0.2, -0.15) is 0 Å². The van der Waals surface area contributed by atoms with Crippen molar-refractivity contribution in [2.45, 2.75) is 79.1 Å². The summed E-state index contributed by atoms with van der Waals surface area (Å²) >= 11 is 0. The summed E-state index contributed by atoms with van der Waals surface area (Å²) in [5.41, 5.74) is 0.251. The summed E-state index contributed by atoms with van der Waals surface area (Å²) < 4.78 is 6.22. The van der Waals surface area contributed by atoms with Gasteiger partial charge in [-0.1, -0.05) is 55.4 Å². The largest absolute Gasteiger partial charge is 0.465 e. The van der Waals surface area contributed by atoms with Crippen LogP contribution in [0.2, 0.25) is 0 Å². The lowest BCUT2D eigenvalue weighted by Crippen LogP contribution is -2.20. The Morgan fingerprint density at radius 2 is 1.11 bits per heavy atom. The molecule has 1 aromatic rings. The molecule has 0 saturated carbocycles. The lowest BCUT2D eigenvalue weighted by atomic mass is 9.81. The topological polar surface area (TPSA) is 13.1 Å². The minimum Gasteiger partial charge on any atom is -0.465 e. The molecular weight excluding hydrogens is 232 g/mol. The fourth-order valence-corrected chi connectivity index (χ4v) is 3.31. The molecule has 1 heterocycles. The van der Waals surface area contributed by atoms with Gasteiger partial charge in [-0.3, -0.25) is 0 Å². The molecule has 110 valence electrons. The lowest BCUT2D eigenvalue weighted by Gasteiger charge is -2.27. The normalized spacial score (nSPS) is 13.6. The molecule has 0 spiro atoms. The average molecular weight is 264 g/mol. The van der Waals surface area contributed by atoms with Crippen molar-refractivity contribution in [2.75, 3.05) is 0 Å². The van der Waals surface area contributed by atoms with Gasteiger partial charge in [0.1, 0.15) is 11.5 Å². The van der Waals surface area contributed by atoms with Gasteiger partial charge in [0.15, 0.2) is 0 Å². The monoisotopic (exact) mass is 264 g/mol. The quantitative estimate of drug-likeness (QED) is 0.621. The molecule has 1 heteroatoms. The molecule has 0 aliphatic heterocycles. The van der Waals surface area contributed by atoms with Gasteiger partial charge >= 0.3 is 0 Å². The molecule has 0 unspecified atom stereocenters. The van der Waals surface area contributed by atoms with Crippen molar-refractivity contribution >= 4 is 0 Å². The Morgan fingerprint density at radius 1 is 0.789 bits per heavy atom. The first kappa shape index (κ1) is 16.3.